The van der Waals surface area contributed by atoms with Crippen molar-refractivity contribution >= 4 is 0 Å². The summed E-state index contributed by atoms with van der Waals surface area (Å²) in [6.07, 6.45) is -0.0394. The molecular weight excluding hydrogens is 104 g/mol. The van der Waals surface area contributed by atoms with E-state index in [0.29, 0.717) is 6.42 Å². The third-order valence-electron chi connectivity index (χ3n) is 2.16. The zero-order valence-electron chi connectivity index (χ0n) is 5.26. The smallest absolute Gasteiger partial charge is 0.0640 e. The van der Waals surface area contributed by atoms with Crippen molar-refractivity contribution in [3.05, 3.63) is 0 Å². The molecule has 8 heavy (non-hydrogen) atoms. The fourth-order valence-electron chi connectivity index (χ4n) is 0.881. The molecule has 0 saturated heterocycles. The predicted octanol–water partition coefficient (Wildman–Crippen LogP) is 0.138. The summed E-state index contributed by atoms with van der Waals surface area (Å²) in [7, 11) is 0. The third-order valence-corrected chi connectivity index (χ3v) is 2.16. The van der Waals surface area contributed by atoms with E-state index < -0.39 is 0 Å². The summed E-state index contributed by atoms with van der Waals surface area (Å²) in [4.78, 5) is 0. The molecule has 48 valence electrons. The quantitative estimate of drug-likeness (QED) is 0.472. The summed E-state index contributed by atoms with van der Waals surface area (Å²) in [5.41, 5.74) is -0.250. The highest BCUT2D eigenvalue weighted by atomic mass is 16.3. The van der Waals surface area contributed by atoms with Gasteiger partial charge in [-0.15, -0.1) is 0 Å². The number of hydrogen-bond donors (Lipinski definition) is 2. The van der Waals surface area contributed by atoms with Crippen LogP contribution in [0.5, 0.6) is 0 Å². The Bertz CT molecular complexity index is 88.7. The van der Waals surface area contributed by atoms with E-state index in [0.717, 1.165) is 0 Å². The van der Waals surface area contributed by atoms with Crippen molar-refractivity contribution in [2.24, 2.45) is 5.41 Å². The average Bonchev–Trinajstić information content (AvgIpc) is 1.68. The lowest BCUT2D eigenvalue weighted by Crippen LogP contribution is -2.52. The van der Waals surface area contributed by atoms with Crippen LogP contribution in [0.3, 0.4) is 0 Å². The summed E-state index contributed by atoms with van der Waals surface area (Å²) >= 11 is 0. The second kappa shape index (κ2) is 1.45. The Hall–Kier alpha value is -0.0800. The highest BCUT2D eigenvalue weighted by Gasteiger charge is 2.46. The summed E-state index contributed by atoms with van der Waals surface area (Å²) in [5.74, 6) is 0. The number of aliphatic hydroxyl groups excluding tert-OH is 2. The van der Waals surface area contributed by atoms with Crippen molar-refractivity contribution in [3.8, 4) is 0 Å². The maximum Gasteiger partial charge on any atom is 0.0640 e. The van der Waals surface area contributed by atoms with Crippen molar-refractivity contribution < 1.29 is 10.2 Å². The molecule has 0 aliphatic heterocycles. The van der Waals surface area contributed by atoms with Crippen molar-refractivity contribution in [1.82, 2.24) is 0 Å². The maximum absolute atomic E-state index is 8.99. The minimum Gasteiger partial charge on any atom is -0.392 e. The van der Waals surface area contributed by atoms with Gasteiger partial charge in [0.25, 0.3) is 0 Å². The topological polar surface area (TPSA) is 40.5 Å². The van der Waals surface area contributed by atoms with Gasteiger partial charge in [0.1, 0.15) is 0 Å². The molecule has 0 aromatic heterocycles. The lowest BCUT2D eigenvalue weighted by Gasteiger charge is -2.45. The van der Waals surface area contributed by atoms with Crippen LogP contribution >= 0.6 is 0 Å². The van der Waals surface area contributed by atoms with Crippen molar-refractivity contribution in [2.45, 2.75) is 32.5 Å². The molecule has 2 heteroatoms. The molecular formula is C6H12O2. The van der Waals surface area contributed by atoms with Gasteiger partial charge < -0.3 is 10.2 Å². The van der Waals surface area contributed by atoms with Crippen LogP contribution in [-0.4, -0.2) is 22.4 Å². The average molecular weight is 116 g/mol. The minimum absolute atomic E-state index is 0.250. The van der Waals surface area contributed by atoms with Crippen molar-refractivity contribution in [3.63, 3.8) is 0 Å². The Morgan fingerprint density at radius 1 is 1.25 bits per heavy atom. The molecule has 0 radical (unpaired) electrons. The molecule has 1 aliphatic carbocycles. The Morgan fingerprint density at radius 2 is 1.62 bits per heavy atom. The van der Waals surface area contributed by atoms with Gasteiger partial charge in [-0.2, -0.15) is 0 Å². The SMILES string of the molecule is CC1(C)[C@@H](O)C[C@@H]1O. The summed E-state index contributed by atoms with van der Waals surface area (Å²) in [6.45, 7) is 3.73. The molecule has 2 nitrogen and oxygen atoms in total. The standard InChI is InChI=1S/C6H12O2/c1-6(2)4(7)3-5(6)8/h4-5,7-8H,3H2,1-2H3/t4-,5-/m0/s1. The highest BCUT2D eigenvalue weighted by Crippen LogP contribution is 2.39. The molecule has 0 amide bonds. The van der Waals surface area contributed by atoms with Gasteiger partial charge in [-0.1, -0.05) is 13.8 Å². The minimum atomic E-state index is -0.294. The molecule has 0 aromatic carbocycles. The van der Waals surface area contributed by atoms with Gasteiger partial charge in [0, 0.05) is 11.8 Å². The van der Waals surface area contributed by atoms with Gasteiger partial charge >= 0.3 is 0 Å². The van der Waals surface area contributed by atoms with Gasteiger partial charge in [0.05, 0.1) is 12.2 Å². The van der Waals surface area contributed by atoms with E-state index in [2.05, 4.69) is 0 Å². The first-order valence-corrected chi connectivity index (χ1v) is 2.91. The van der Waals surface area contributed by atoms with E-state index in [9.17, 15) is 0 Å². The highest BCUT2D eigenvalue weighted by molar-refractivity contribution is 4.96. The van der Waals surface area contributed by atoms with Crippen molar-refractivity contribution in [2.75, 3.05) is 0 Å². The molecule has 2 atom stereocenters. The molecule has 0 aromatic rings. The van der Waals surface area contributed by atoms with Crippen LogP contribution in [0.15, 0.2) is 0 Å². The third kappa shape index (κ3) is 0.565. The number of aliphatic hydroxyl groups is 2. The Morgan fingerprint density at radius 3 is 1.62 bits per heavy atom. The zero-order chi connectivity index (χ0) is 6.36. The Labute approximate surface area is 49.1 Å². The summed E-state index contributed by atoms with van der Waals surface area (Å²) in [6, 6.07) is 0. The van der Waals surface area contributed by atoms with E-state index in [1.54, 1.807) is 0 Å². The normalized spacial score (nSPS) is 43.5. The molecule has 0 bridgehead atoms. The predicted molar refractivity (Wildman–Crippen MR) is 30.4 cm³/mol. The summed E-state index contributed by atoms with van der Waals surface area (Å²) in [5, 5.41) is 18.0. The number of hydrogen-bond acceptors (Lipinski definition) is 2. The van der Waals surface area contributed by atoms with Crippen LogP contribution < -0.4 is 0 Å². The van der Waals surface area contributed by atoms with Gasteiger partial charge in [-0.05, 0) is 0 Å². The Balaban J connectivity index is 2.52. The fourth-order valence-corrected chi connectivity index (χ4v) is 0.881. The fraction of sp³-hybridized carbons (Fsp3) is 1.00. The monoisotopic (exact) mass is 116 g/mol. The van der Waals surface area contributed by atoms with E-state index in [1.807, 2.05) is 13.8 Å². The lowest BCUT2D eigenvalue weighted by molar-refractivity contribution is -0.146. The first-order chi connectivity index (χ1) is 3.55. The van der Waals surface area contributed by atoms with Gasteiger partial charge in [0.15, 0.2) is 0 Å². The van der Waals surface area contributed by atoms with E-state index in [1.165, 1.54) is 0 Å². The molecule has 0 unspecified atom stereocenters. The van der Waals surface area contributed by atoms with Crippen LogP contribution in [0.1, 0.15) is 20.3 Å². The first kappa shape index (κ1) is 6.05. The van der Waals surface area contributed by atoms with Crippen molar-refractivity contribution in [1.29, 1.82) is 0 Å². The van der Waals surface area contributed by atoms with Crippen LogP contribution in [0.25, 0.3) is 0 Å². The maximum atomic E-state index is 8.99. The molecule has 1 fully saturated rings. The van der Waals surface area contributed by atoms with Gasteiger partial charge in [-0.25, -0.2) is 0 Å². The first-order valence-electron chi connectivity index (χ1n) is 2.91. The van der Waals surface area contributed by atoms with E-state index in [4.69, 9.17) is 10.2 Å². The molecule has 0 heterocycles. The zero-order valence-corrected chi connectivity index (χ0v) is 5.26. The largest absolute Gasteiger partial charge is 0.392 e. The number of rotatable bonds is 0. The second-order valence-electron chi connectivity index (χ2n) is 3.09. The van der Waals surface area contributed by atoms with Gasteiger partial charge in [0.2, 0.25) is 0 Å². The second-order valence-corrected chi connectivity index (χ2v) is 3.09. The summed E-state index contributed by atoms with van der Waals surface area (Å²) < 4.78 is 0. The molecule has 0 spiro atoms. The van der Waals surface area contributed by atoms with Crippen LogP contribution in [-0.2, 0) is 0 Å². The molecule has 1 saturated carbocycles. The van der Waals surface area contributed by atoms with Crippen LogP contribution in [0.2, 0.25) is 0 Å². The molecule has 2 N–H and O–H groups in total. The van der Waals surface area contributed by atoms with Gasteiger partial charge in [-0.3, -0.25) is 0 Å². The van der Waals surface area contributed by atoms with E-state index >= 15 is 0 Å². The van der Waals surface area contributed by atoms with Crippen LogP contribution in [0, 0.1) is 5.41 Å². The van der Waals surface area contributed by atoms with E-state index in [-0.39, 0.29) is 17.6 Å². The Kier molecular flexibility index (Phi) is 1.10. The molecule has 1 aliphatic rings. The lowest BCUT2D eigenvalue weighted by atomic mass is 9.67. The molecule has 1 rings (SSSR count). The van der Waals surface area contributed by atoms with Crippen LogP contribution in [0.4, 0.5) is 0 Å².